The van der Waals surface area contributed by atoms with Crippen LogP contribution in [0.15, 0.2) is 24.3 Å². The van der Waals surface area contributed by atoms with Crippen molar-refractivity contribution in [2.45, 2.75) is 45.2 Å². The summed E-state index contributed by atoms with van der Waals surface area (Å²) >= 11 is 0. The Balaban J connectivity index is 1.79. The minimum atomic E-state index is -0.221. The minimum absolute atomic E-state index is 0.0997. The molecule has 0 heterocycles. The van der Waals surface area contributed by atoms with Crippen LogP contribution in [0.2, 0.25) is 0 Å². The number of nitrogens with one attached hydrogen (secondary N) is 2. The van der Waals surface area contributed by atoms with Crippen LogP contribution < -0.4 is 10.2 Å². The molecule has 1 aliphatic rings. The number of benzene rings is 1. The summed E-state index contributed by atoms with van der Waals surface area (Å²) in [4.78, 5) is 13.2. The summed E-state index contributed by atoms with van der Waals surface area (Å²) in [6.45, 7) is 3.30. The normalized spacial score (nSPS) is 23.6. The van der Waals surface area contributed by atoms with E-state index in [1.54, 1.807) is 6.07 Å². The van der Waals surface area contributed by atoms with Crippen LogP contribution in [-0.2, 0) is 11.3 Å². The quantitative estimate of drug-likeness (QED) is 0.848. The molecular weight excluding hydrogens is 267 g/mol. The summed E-state index contributed by atoms with van der Waals surface area (Å²) in [7, 11) is 1.97. The Bertz CT molecular complexity index is 478. The number of rotatable bonds is 5. The second kappa shape index (κ2) is 7.55. The SMILES string of the molecule is C[C@@H]1CCCC[C@H]1NC(=O)C[NH+](C)Cc1cccc(F)c1. The maximum absolute atomic E-state index is 13.1. The molecule has 0 aliphatic heterocycles. The minimum Gasteiger partial charge on any atom is -0.348 e. The lowest BCUT2D eigenvalue weighted by Gasteiger charge is -2.29. The van der Waals surface area contributed by atoms with Crippen LogP contribution in [0.5, 0.6) is 0 Å². The molecule has 0 bridgehead atoms. The Morgan fingerprint density at radius 1 is 1.38 bits per heavy atom. The van der Waals surface area contributed by atoms with Crippen molar-refractivity contribution < 1.29 is 14.1 Å². The maximum Gasteiger partial charge on any atom is 0.275 e. The van der Waals surface area contributed by atoms with E-state index in [1.165, 1.54) is 31.4 Å². The fourth-order valence-electron chi connectivity index (χ4n) is 3.12. The molecule has 1 saturated carbocycles. The van der Waals surface area contributed by atoms with Gasteiger partial charge in [-0.15, -0.1) is 0 Å². The molecule has 0 aromatic heterocycles. The summed E-state index contributed by atoms with van der Waals surface area (Å²) in [6, 6.07) is 6.91. The number of carbonyl (C=O) groups excluding carboxylic acids is 1. The zero-order valence-electron chi connectivity index (χ0n) is 13.0. The second-order valence-electron chi connectivity index (χ2n) is 6.38. The van der Waals surface area contributed by atoms with Crippen LogP contribution in [0.25, 0.3) is 0 Å². The Morgan fingerprint density at radius 2 is 2.14 bits per heavy atom. The second-order valence-corrected chi connectivity index (χ2v) is 6.38. The molecule has 1 aliphatic carbocycles. The van der Waals surface area contributed by atoms with Gasteiger partial charge in [-0.25, -0.2) is 4.39 Å². The number of halogens is 1. The van der Waals surface area contributed by atoms with Crippen molar-refractivity contribution >= 4 is 5.91 Å². The molecule has 3 atom stereocenters. The van der Waals surface area contributed by atoms with E-state index in [1.807, 2.05) is 13.1 Å². The smallest absolute Gasteiger partial charge is 0.275 e. The topological polar surface area (TPSA) is 33.5 Å². The molecule has 1 aromatic rings. The monoisotopic (exact) mass is 293 g/mol. The lowest BCUT2D eigenvalue weighted by atomic mass is 9.86. The maximum atomic E-state index is 13.1. The summed E-state index contributed by atoms with van der Waals surface area (Å²) < 4.78 is 13.1. The summed E-state index contributed by atoms with van der Waals surface area (Å²) in [5, 5.41) is 3.16. The van der Waals surface area contributed by atoms with Crippen LogP contribution in [0, 0.1) is 11.7 Å². The van der Waals surface area contributed by atoms with E-state index < -0.39 is 0 Å². The summed E-state index contributed by atoms with van der Waals surface area (Å²) in [5.41, 5.74) is 0.923. The summed E-state index contributed by atoms with van der Waals surface area (Å²) in [5.74, 6) is 0.453. The van der Waals surface area contributed by atoms with Gasteiger partial charge in [0, 0.05) is 11.6 Å². The highest BCUT2D eigenvalue weighted by Crippen LogP contribution is 2.23. The molecule has 2 rings (SSSR count). The van der Waals surface area contributed by atoms with Crippen LogP contribution >= 0.6 is 0 Å². The van der Waals surface area contributed by atoms with Crippen molar-refractivity contribution in [2.24, 2.45) is 5.92 Å². The lowest BCUT2D eigenvalue weighted by Crippen LogP contribution is -3.09. The first kappa shape index (κ1) is 16.0. The Morgan fingerprint density at radius 3 is 2.86 bits per heavy atom. The average molecular weight is 293 g/mol. The van der Waals surface area contributed by atoms with Gasteiger partial charge in [0.05, 0.1) is 7.05 Å². The molecule has 21 heavy (non-hydrogen) atoms. The first-order valence-electron chi connectivity index (χ1n) is 7.89. The van der Waals surface area contributed by atoms with E-state index in [0.717, 1.165) is 16.9 Å². The van der Waals surface area contributed by atoms with Crippen LogP contribution in [0.4, 0.5) is 4.39 Å². The fourth-order valence-corrected chi connectivity index (χ4v) is 3.12. The zero-order valence-corrected chi connectivity index (χ0v) is 13.0. The predicted octanol–water partition coefficient (Wildman–Crippen LogP) is 1.54. The van der Waals surface area contributed by atoms with Gasteiger partial charge in [-0.1, -0.05) is 31.9 Å². The van der Waals surface area contributed by atoms with Gasteiger partial charge >= 0.3 is 0 Å². The average Bonchev–Trinajstić information content (AvgIpc) is 2.41. The van der Waals surface area contributed by atoms with E-state index in [-0.39, 0.29) is 11.7 Å². The summed E-state index contributed by atoms with van der Waals surface area (Å²) in [6.07, 6.45) is 4.78. The molecule has 1 aromatic carbocycles. The molecule has 0 radical (unpaired) electrons. The van der Waals surface area contributed by atoms with Crippen LogP contribution in [0.1, 0.15) is 38.2 Å². The number of amides is 1. The van der Waals surface area contributed by atoms with Gasteiger partial charge in [-0.05, 0) is 30.9 Å². The van der Waals surface area contributed by atoms with Crippen molar-refractivity contribution in [3.05, 3.63) is 35.6 Å². The molecule has 2 N–H and O–H groups in total. The van der Waals surface area contributed by atoms with Gasteiger partial charge in [0.25, 0.3) is 5.91 Å². The van der Waals surface area contributed by atoms with E-state index in [2.05, 4.69) is 12.2 Å². The highest BCUT2D eigenvalue weighted by molar-refractivity contribution is 5.77. The van der Waals surface area contributed by atoms with Gasteiger partial charge in [-0.3, -0.25) is 4.79 Å². The first-order chi connectivity index (χ1) is 10.0. The Kier molecular flexibility index (Phi) is 5.74. The molecule has 0 spiro atoms. The highest BCUT2D eigenvalue weighted by atomic mass is 19.1. The third-order valence-corrected chi connectivity index (χ3v) is 4.32. The molecule has 1 unspecified atom stereocenters. The lowest BCUT2D eigenvalue weighted by molar-refractivity contribution is -0.885. The molecule has 1 fully saturated rings. The number of likely N-dealkylation sites (N-methyl/N-ethyl adjacent to an activating group) is 1. The predicted molar refractivity (Wildman–Crippen MR) is 81.4 cm³/mol. The van der Waals surface area contributed by atoms with E-state index in [4.69, 9.17) is 0 Å². The number of hydrogen-bond donors (Lipinski definition) is 2. The third kappa shape index (κ3) is 5.12. The molecular formula is C17H26FN2O+. The van der Waals surface area contributed by atoms with Gasteiger partial charge < -0.3 is 10.2 Å². The van der Waals surface area contributed by atoms with Crippen molar-refractivity contribution in [1.29, 1.82) is 0 Å². The Labute approximate surface area is 126 Å². The largest absolute Gasteiger partial charge is 0.348 e. The van der Waals surface area contributed by atoms with Crippen LogP contribution in [0.3, 0.4) is 0 Å². The van der Waals surface area contributed by atoms with Crippen molar-refractivity contribution in [3.63, 3.8) is 0 Å². The van der Waals surface area contributed by atoms with Crippen molar-refractivity contribution in [3.8, 4) is 0 Å². The molecule has 116 valence electrons. The van der Waals surface area contributed by atoms with Gasteiger partial charge in [0.1, 0.15) is 12.4 Å². The zero-order chi connectivity index (χ0) is 15.2. The number of quaternary nitrogens is 1. The number of carbonyl (C=O) groups is 1. The standard InChI is InChI=1S/C17H25FN2O/c1-13-6-3-4-9-16(13)19-17(21)12-20(2)11-14-7-5-8-15(18)10-14/h5,7-8,10,13,16H,3-4,6,9,11-12H2,1-2H3,(H,19,21)/p+1/t13-,16-/m1/s1. The van der Waals surface area contributed by atoms with E-state index in [9.17, 15) is 9.18 Å². The van der Waals surface area contributed by atoms with Gasteiger partial charge in [0.2, 0.25) is 0 Å². The third-order valence-electron chi connectivity index (χ3n) is 4.32. The van der Waals surface area contributed by atoms with Crippen molar-refractivity contribution in [2.75, 3.05) is 13.6 Å². The number of hydrogen-bond acceptors (Lipinski definition) is 1. The fraction of sp³-hybridized carbons (Fsp3) is 0.588. The van der Waals surface area contributed by atoms with E-state index in [0.29, 0.717) is 25.0 Å². The molecule has 3 nitrogen and oxygen atoms in total. The Hall–Kier alpha value is -1.42. The molecule has 1 amide bonds. The highest BCUT2D eigenvalue weighted by Gasteiger charge is 2.23. The molecule has 0 saturated heterocycles. The molecule has 4 heteroatoms. The van der Waals surface area contributed by atoms with Gasteiger partial charge in [-0.2, -0.15) is 0 Å². The van der Waals surface area contributed by atoms with Crippen LogP contribution in [-0.4, -0.2) is 25.5 Å². The van der Waals surface area contributed by atoms with Crippen molar-refractivity contribution in [1.82, 2.24) is 5.32 Å². The van der Waals surface area contributed by atoms with Gasteiger partial charge in [0.15, 0.2) is 6.54 Å². The van der Waals surface area contributed by atoms with E-state index >= 15 is 0 Å². The first-order valence-corrected chi connectivity index (χ1v) is 7.89.